The van der Waals surface area contributed by atoms with E-state index < -0.39 is 0 Å². The van der Waals surface area contributed by atoms with E-state index in [2.05, 4.69) is 29.2 Å². The zero-order valence-electron chi connectivity index (χ0n) is 13.4. The molecule has 24 heavy (non-hydrogen) atoms. The van der Waals surface area contributed by atoms with E-state index in [4.69, 9.17) is 0 Å². The smallest absolute Gasteiger partial charge is 0.150 e. The molecular formula is C22H19NO. The van der Waals surface area contributed by atoms with Crippen molar-refractivity contribution >= 4 is 23.2 Å². The van der Waals surface area contributed by atoms with E-state index in [0.717, 1.165) is 23.2 Å². The Balaban J connectivity index is 1.92. The Morgan fingerprint density at radius 1 is 0.708 bits per heavy atom. The Morgan fingerprint density at radius 2 is 1.17 bits per heavy atom. The van der Waals surface area contributed by atoms with Crippen LogP contribution in [0.25, 0.3) is 5.57 Å². The van der Waals surface area contributed by atoms with E-state index in [0.29, 0.717) is 12.1 Å². The van der Waals surface area contributed by atoms with Crippen molar-refractivity contribution in [2.75, 3.05) is 11.4 Å². The number of allylic oxidation sites excluding steroid dienone is 1. The third-order valence-corrected chi connectivity index (χ3v) is 3.86. The van der Waals surface area contributed by atoms with Gasteiger partial charge in [-0.15, -0.1) is 0 Å². The van der Waals surface area contributed by atoms with Crippen LogP contribution in [-0.4, -0.2) is 12.8 Å². The van der Waals surface area contributed by atoms with Crippen molar-refractivity contribution in [1.29, 1.82) is 0 Å². The van der Waals surface area contributed by atoms with Crippen molar-refractivity contribution in [3.63, 3.8) is 0 Å². The lowest BCUT2D eigenvalue weighted by atomic mass is 10.1. The van der Waals surface area contributed by atoms with E-state index in [1.54, 1.807) is 0 Å². The molecule has 0 N–H and O–H groups in total. The van der Waals surface area contributed by atoms with Gasteiger partial charge in [0.25, 0.3) is 0 Å². The number of rotatable bonds is 6. The van der Waals surface area contributed by atoms with Gasteiger partial charge in [0.15, 0.2) is 0 Å². The molecule has 0 aromatic heterocycles. The number of aldehydes is 1. The van der Waals surface area contributed by atoms with E-state index in [1.807, 2.05) is 72.8 Å². The topological polar surface area (TPSA) is 20.3 Å². The van der Waals surface area contributed by atoms with Gasteiger partial charge in [0.1, 0.15) is 6.29 Å². The highest BCUT2D eigenvalue weighted by Crippen LogP contribution is 2.25. The lowest BCUT2D eigenvalue weighted by Gasteiger charge is -2.24. The maximum atomic E-state index is 11.5. The highest BCUT2D eigenvalue weighted by Gasteiger charge is 2.08. The highest BCUT2D eigenvalue weighted by molar-refractivity contribution is 6.07. The molecule has 0 unspecified atom stereocenters. The van der Waals surface area contributed by atoms with Crippen LogP contribution in [-0.2, 0) is 4.79 Å². The molecule has 0 spiro atoms. The summed E-state index contributed by atoms with van der Waals surface area (Å²) in [5.41, 5.74) is 3.83. The number of anilines is 2. The minimum Gasteiger partial charge on any atom is -0.338 e. The van der Waals surface area contributed by atoms with Gasteiger partial charge in [-0.2, -0.15) is 0 Å². The zero-order valence-corrected chi connectivity index (χ0v) is 13.4. The first-order valence-corrected chi connectivity index (χ1v) is 7.97. The summed E-state index contributed by atoms with van der Waals surface area (Å²) in [6.07, 6.45) is 2.89. The summed E-state index contributed by atoms with van der Waals surface area (Å²) < 4.78 is 0. The van der Waals surface area contributed by atoms with Crippen LogP contribution in [0.1, 0.15) is 5.56 Å². The van der Waals surface area contributed by atoms with Crippen LogP contribution in [0.5, 0.6) is 0 Å². The molecule has 3 aromatic carbocycles. The molecular weight excluding hydrogens is 294 g/mol. The molecule has 3 rings (SSSR count). The Labute approximate surface area is 142 Å². The minimum absolute atomic E-state index is 0.622. The standard InChI is InChI=1S/C22H19NO/c24-18-20(19-10-4-1-5-11-19)16-17-23(21-12-6-2-7-13-21)22-14-8-3-9-15-22/h1-16,18H,17H2. The predicted octanol–water partition coefficient (Wildman–Crippen LogP) is 5.11. The molecule has 0 aliphatic carbocycles. The van der Waals surface area contributed by atoms with Gasteiger partial charge in [0.2, 0.25) is 0 Å². The quantitative estimate of drug-likeness (QED) is 0.466. The van der Waals surface area contributed by atoms with Crippen molar-refractivity contribution in [2.24, 2.45) is 0 Å². The Morgan fingerprint density at radius 3 is 1.62 bits per heavy atom. The fourth-order valence-corrected chi connectivity index (χ4v) is 2.63. The molecule has 118 valence electrons. The first-order valence-electron chi connectivity index (χ1n) is 7.97. The van der Waals surface area contributed by atoms with Gasteiger partial charge < -0.3 is 4.90 Å². The highest BCUT2D eigenvalue weighted by atomic mass is 16.1. The lowest BCUT2D eigenvalue weighted by Crippen LogP contribution is -2.17. The first-order chi connectivity index (χ1) is 11.9. The van der Waals surface area contributed by atoms with Crippen LogP contribution < -0.4 is 4.90 Å². The van der Waals surface area contributed by atoms with Crippen LogP contribution in [0.3, 0.4) is 0 Å². The minimum atomic E-state index is 0.622. The van der Waals surface area contributed by atoms with Gasteiger partial charge in [0.05, 0.1) is 0 Å². The van der Waals surface area contributed by atoms with Gasteiger partial charge >= 0.3 is 0 Å². The number of para-hydroxylation sites is 2. The number of hydrogen-bond acceptors (Lipinski definition) is 2. The molecule has 0 atom stereocenters. The van der Waals surface area contributed by atoms with Crippen molar-refractivity contribution in [3.8, 4) is 0 Å². The molecule has 0 aliphatic rings. The number of hydrogen-bond donors (Lipinski definition) is 0. The van der Waals surface area contributed by atoms with Crippen molar-refractivity contribution in [1.82, 2.24) is 0 Å². The Bertz CT molecular complexity index is 756. The van der Waals surface area contributed by atoms with Gasteiger partial charge in [0, 0.05) is 23.5 Å². The molecule has 2 nitrogen and oxygen atoms in total. The van der Waals surface area contributed by atoms with Gasteiger partial charge in [-0.1, -0.05) is 72.8 Å². The van der Waals surface area contributed by atoms with Crippen molar-refractivity contribution in [3.05, 3.63) is 103 Å². The van der Waals surface area contributed by atoms with Gasteiger partial charge in [-0.05, 0) is 29.8 Å². The van der Waals surface area contributed by atoms with Crippen molar-refractivity contribution in [2.45, 2.75) is 0 Å². The molecule has 0 aliphatic heterocycles. The molecule has 0 radical (unpaired) electrons. The summed E-state index contributed by atoms with van der Waals surface area (Å²) in [7, 11) is 0. The van der Waals surface area contributed by atoms with E-state index in [-0.39, 0.29) is 0 Å². The fraction of sp³-hybridized carbons (Fsp3) is 0.0455. The monoisotopic (exact) mass is 313 g/mol. The molecule has 0 heterocycles. The predicted molar refractivity (Wildman–Crippen MR) is 100 cm³/mol. The molecule has 0 fully saturated rings. The maximum absolute atomic E-state index is 11.5. The van der Waals surface area contributed by atoms with Crippen LogP contribution >= 0.6 is 0 Å². The van der Waals surface area contributed by atoms with E-state index in [9.17, 15) is 4.79 Å². The van der Waals surface area contributed by atoms with Crippen LogP contribution in [0.4, 0.5) is 11.4 Å². The van der Waals surface area contributed by atoms with Crippen LogP contribution in [0, 0.1) is 0 Å². The van der Waals surface area contributed by atoms with E-state index >= 15 is 0 Å². The van der Waals surface area contributed by atoms with Crippen molar-refractivity contribution < 1.29 is 4.79 Å². The average Bonchev–Trinajstić information content (AvgIpc) is 2.67. The summed E-state index contributed by atoms with van der Waals surface area (Å²) in [4.78, 5) is 13.7. The maximum Gasteiger partial charge on any atom is 0.150 e. The number of benzene rings is 3. The average molecular weight is 313 g/mol. The second-order valence-corrected chi connectivity index (χ2v) is 5.43. The van der Waals surface area contributed by atoms with Gasteiger partial charge in [-0.3, -0.25) is 4.79 Å². The third kappa shape index (κ3) is 3.79. The second-order valence-electron chi connectivity index (χ2n) is 5.43. The molecule has 0 saturated carbocycles. The van der Waals surface area contributed by atoms with E-state index in [1.165, 1.54) is 0 Å². The molecule has 0 bridgehead atoms. The Hall–Kier alpha value is -3.13. The number of nitrogens with zero attached hydrogens (tertiary/aromatic N) is 1. The molecule has 0 amide bonds. The van der Waals surface area contributed by atoms with Crippen LogP contribution in [0.2, 0.25) is 0 Å². The number of carbonyl (C=O) groups is 1. The van der Waals surface area contributed by atoms with Gasteiger partial charge in [-0.25, -0.2) is 0 Å². The lowest BCUT2D eigenvalue weighted by molar-refractivity contribution is -0.103. The summed E-state index contributed by atoms with van der Waals surface area (Å²) in [6.45, 7) is 0.622. The SMILES string of the molecule is O=CC(=CCN(c1ccccc1)c1ccccc1)c1ccccc1. The molecule has 0 saturated heterocycles. The molecule has 2 heteroatoms. The fourth-order valence-electron chi connectivity index (χ4n) is 2.63. The Kier molecular flexibility index (Phi) is 5.21. The van der Waals surface area contributed by atoms with Crippen LogP contribution in [0.15, 0.2) is 97.1 Å². The molecule has 3 aromatic rings. The summed E-state index contributed by atoms with van der Waals surface area (Å²) in [5.74, 6) is 0. The normalized spacial score (nSPS) is 11.1. The largest absolute Gasteiger partial charge is 0.338 e. The third-order valence-electron chi connectivity index (χ3n) is 3.86. The first kappa shape index (κ1) is 15.8. The number of carbonyl (C=O) groups excluding carboxylic acids is 1. The summed E-state index contributed by atoms with van der Waals surface area (Å²) in [6, 6.07) is 30.1. The summed E-state index contributed by atoms with van der Waals surface area (Å²) in [5, 5.41) is 0. The summed E-state index contributed by atoms with van der Waals surface area (Å²) >= 11 is 0. The second kappa shape index (κ2) is 7.93. The zero-order chi connectivity index (χ0) is 16.6.